The van der Waals surface area contributed by atoms with Crippen LogP contribution in [0.4, 0.5) is 0 Å². The van der Waals surface area contributed by atoms with Gasteiger partial charge in [-0.1, -0.05) is 46.6 Å². The molecule has 2 rings (SSSR count). The number of aliphatic hydroxyl groups excluding tert-OH is 2. The van der Waals surface area contributed by atoms with Crippen molar-refractivity contribution in [3.8, 4) is 0 Å². The molecule has 0 aliphatic carbocycles. The number of aldehydes is 1. The van der Waals surface area contributed by atoms with Gasteiger partial charge in [-0.2, -0.15) is 0 Å². The molecule has 202 valence electrons. The minimum Gasteiger partial charge on any atom is -0.394 e. The third-order valence-corrected chi connectivity index (χ3v) is 6.18. The quantitative estimate of drug-likeness (QED) is 0.181. The summed E-state index contributed by atoms with van der Waals surface area (Å²) in [4.78, 5) is 10.3. The van der Waals surface area contributed by atoms with Gasteiger partial charge in [0.1, 0.15) is 12.2 Å². The van der Waals surface area contributed by atoms with Crippen molar-refractivity contribution >= 4 is 6.29 Å². The van der Waals surface area contributed by atoms with Gasteiger partial charge in [-0.3, -0.25) is 0 Å². The Kier molecular flexibility index (Phi) is 16.3. The lowest BCUT2D eigenvalue weighted by molar-refractivity contribution is -0.108. The number of aliphatic hydroxyl groups is 2. The van der Waals surface area contributed by atoms with E-state index < -0.39 is 0 Å². The van der Waals surface area contributed by atoms with Gasteiger partial charge in [-0.05, 0) is 101 Å². The molecule has 0 amide bonds. The summed E-state index contributed by atoms with van der Waals surface area (Å²) in [5.41, 5.74) is 5.10. The van der Waals surface area contributed by atoms with E-state index in [-0.39, 0.29) is 36.6 Å². The second kappa shape index (κ2) is 17.0. The van der Waals surface area contributed by atoms with Crippen LogP contribution >= 0.6 is 0 Å². The van der Waals surface area contributed by atoms with Crippen molar-refractivity contribution in [1.29, 1.82) is 0 Å². The summed E-state index contributed by atoms with van der Waals surface area (Å²) >= 11 is 0. The zero-order valence-corrected chi connectivity index (χ0v) is 23.8. The van der Waals surface area contributed by atoms with E-state index in [9.17, 15) is 4.79 Å². The Hall–Kier alpha value is -1.53. The third-order valence-electron chi connectivity index (χ3n) is 6.18. The van der Waals surface area contributed by atoms with Crippen molar-refractivity contribution < 1.29 is 24.5 Å². The molecule has 5 nitrogen and oxygen atoms in total. The average Bonchev–Trinajstić information content (AvgIpc) is 3.62. The van der Waals surface area contributed by atoms with E-state index in [1.807, 2.05) is 13.0 Å². The molecule has 2 saturated heterocycles. The maximum atomic E-state index is 10.3. The predicted octanol–water partition coefficient (Wildman–Crippen LogP) is 6.64. The predicted molar refractivity (Wildman–Crippen MR) is 147 cm³/mol. The SMILES string of the molecule is CC(C)=CCC/C(C)=C/CO.CC(C)=CCCC1(C)OC1C=O.CC(C)=CCCC1(C)OC1CO. The van der Waals surface area contributed by atoms with Crippen LogP contribution < -0.4 is 0 Å². The molecule has 0 spiro atoms. The summed E-state index contributed by atoms with van der Waals surface area (Å²) < 4.78 is 10.6. The lowest BCUT2D eigenvalue weighted by atomic mass is 10.0. The molecule has 2 fully saturated rings. The van der Waals surface area contributed by atoms with Crippen molar-refractivity contribution in [1.82, 2.24) is 0 Å². The molecular formula is C30H52O5. The number of epoxide rings is 2. The van der Waals surface area contributed by atoms with Gasteiger partial charge >= 0.3 is 0 Å². The highest BCUT2D eigenvalue weighted by molar-refractivity contribution is 5.62. The Balaban J connectivity index is 0.000000496. The maximum absolute atomic E-state index is 10.3. The second-order valence-electron chi connectivity index (χ2n) is 10.8. The summed E-state index contributed by atoms with van der Waals surface area (Å²) in [6, 6.07) is 0. The van der Waals surface area contributed by atoms with Crippen LogP contribution in [0.15, 0.2) is 46.6 Å². The zero-order chi connectivity index (χ0) is 27.1. The van der Waals surface area contributed by atoms with Gasteiger partial charge in [0.15, 0.2) is 6.29 Å². The smallest absolute Gasteiger partial charge is 0.151 e. The topological polar surface area (TPSA) is 82.6 Å². The van der Waals surface area contributed by atoms with Crippen molar-refractivity contribution in [3.63, 3.8) is 0 Å². The summed E-state index contributed by atoms with van der Waals surface area (Å²) in [5.74, 6) is 0. The molecule has 2 aliphatic heterocycles. The molecule has 2 aliphatic rings. The lowest BCUT2D eigenvalue weighted by Gasteiger charge is -2.02. The van der Waals surface area contributed by atoms with E-state index in [0.29, 0.717) is 0 Å². The summed E-state index contributed by atoms with van der Waals surface area (Å²) in [7, 11) is 0. The molecule has 0 radical (unpaired) electrons. The highest BCUT2D eigenvalue weighted by Gasteiger charge is 2.51. The van der Waals surface area contributed by atoms with Crippen molar-refractivity contribution in [3.05, 3.63) is 46.6 Å². The molecule has 0 aromatic heterocycles. The van der Waals surface area contributed by atoms with Crippen molar-refractivity contribution in [2.24, 2.45) is 0 Å². The molecule has 4 atom stereocenters. The van der Waals surface area contributed by atoms with Crippen LogP contribution in [0.5, 0.6) is 0 Å². The Morgan fingerprint density at radius 2 is 1.23 bits per heavy atom. The number of ether oxygens (including phenoxy) is 2. The van der Waals surface area contributed by atoms with Crippen molar-refractivity contribution in [2.75, 3.05) is 13.2 Å². The van der Waals surface area contributed by atoms with Gasteiger partial charge in [0.2, 0.25) is 0 Å². The first-order chi connectivity index (χ1) is 16.3. The fourth-order valence-electron chi connectivity index (χ4n) is 3.51. The van der Waals surface area contributed by atoms with E-state index >= 15 is 0 Å². The van der Waals surface area contributed by atoms with Crippen LogP contribution in [0, 0.1) is 0 Å². The van der Waals surface area contributed by atoms with E-state index in [1.165, 1.54) is 22.3 Å². The largest absolute Gasteiger partial charge is 0.394 e. The highest BCUT2D eigenvalue weighted by Crippen LogP contribution is 2.40. The summed E-state index contributed by atoms with van der Waals surface area (Å²) in [5, 5.41) is 17.4. The third kappa shape index (κ3) is 16.0. The van der Waals surface area contributed by atoms with Crippen LogP contribution in [0.1, 0.15) is 101 Å². The molecule has 2 heterocycles. The minimum atomic E-state index is -0.159. The number of carbonyl (C=O) groups is 1. The number of allylic oxidation sites excluding steroid dienone is 7. The molecule has 0 aromatic rings. The fraction of sp³-hybridized carbons (Fsp3) is 0.700. The Morgan fingerprint density at radius 1 is 0.743 bits per heavy atom. The molecule has 2 N–H and O–H groups in total. The van der Waals surface area contributed by atoms with Gasteiger partial charge in [0.05, 0.1) is 24.4 Å². The van der Waals surface area contributed by atoms with Crippen molar-refractivity contribution in [2.45, 2.75) is 124 Å². The van der Waals surface area contributed by atoms with Crippen LogP contribution in [0.3, 0.4) is 0 Å². The molecule has 0 aromatic carbocycles. The fourth-order valence-corrected chi connectivity index (χ4v) is 3.51. The normalized spacial score (nSPS) is 26.2. The number of hydrogen-bond acceptors (Lipinski definition) is 5. The van der Waals surface area contributed by atoms with Crippen LogP contribution in [-0.2, 0) is 14.3 Å². The number of rotatable bonds is 12. The Bertz CT molecular complexity index is 736. The standard InChI is InChI=1S/C10H18O2.C10H16O2.C10H18O/c2*1-8(2)5-4-6-10(3)9(7-11)12-10;1-9(2)5-4-6-10(3)7-8-11/h5,9,11H,4,6-7H2,1-3H3;5,7,9H,4,6H2,1-3H3;5,7,11H,4,6,8H2,1-3H3/b;;10-7+. The molecule has 4 unspecified atom stereocenters. The molecule has 5 heteroatoms. The summed E-state index contributed by atoms with van der Waals surface area (Å²) in [6.45, 7) is 19.0. The maximum Gasteiger partial charge on any atom is 0.151 e. The average molecular weight is 493 g/mol. The van der Waals surface area contributed by atoms with Crippen LogP contribution in [-0.4, -0.2) is 53.1 Å². The van der Waals surface area contributed by atoms with Crippen LogP contribution in [0.2, 0.25) is 0 Å². The van der Waals surface area contributed by atoms with Gasteiger partial charge in [-0.15, -0.1) is 0 Å². The highest BCUT2D eigenvalue weighted by atomic mass is 16.6. The van der Waals surface area contributed by atoms with Gasteiger partial charge in [0.25, 0.3) is 0 Å². The second-order valence-corrected chi connectivity index (χ2v) is 10.8. The number of carbonyl (C=O) groups excluding carboxylic acids is 1. The summed E-state index contributed by atoms with van der Waals surface area (Å²) in [6.07, 6.45) is 15.5. The molecule has 0 bridgehead atoms. The molecule has 0 saturated carbocycles. The Morgan fingerprint density at radius 3 is 1.60 bits per heavy atom. The van der Waals surface area contributed by atoms with E-state index in [4.69, 9.17) is 19.7 Å². The molecule has 35 heavy (non-hydrogen) atoms. The molecular weight excluding hydrogens is 440 g/mol. The van der Waals surface area contributed by atoms with Gasteiger partial charge in [-0.25, -0.2) is 0 Å². The monoisotopic (exact) mass is 492 g/mol. The first-order valence-corrected chi connectivity index (χ1v) is 12.9. The van der Waals surface area contributed by atoms with E-state index in [2.05, 4.69) is 73.6 Å². The zero-order valence-electron chi connectivity index (χ0n) is 23.8. The Labute approximate surface area is 215 Å². The van der Waals surface area contributed by atoms with Gasteiger partial charge < -0.3 is 24.5 Å². The lowest BCUT2D eigenvalue weighted by Crippen LogP contribution is -2.11. The first-order valence-electron chi connectivity index (χ1n) is 12.9. The van der Waals surface area contributed by atoms with Crippen LogP contribution in [0.25, 0.3) is 0 Å². The van der Waals surface area contributed by atoms with E-state index in [0.717, 1.165) is 44.8 Å². The minimum absolute atomic E-state index is 0.0410. The number of hydrogen-bond donors (Lipinski definition) is 2. The van der Waals surface area contributed by atoms with E-state index in [1.54, 1.807) is 0 Å². The van der Waals surface area contributed by atoms with Gasteiger partial charge in [0, 0.05) is 0 Å². The first kappa shape index (κ1) is 33.5.